The van der Waals surface area contributed by atoms with Crippen molar-refractivity contribution in [2.75, 3.05) is 13.1 Å². The maximum absolute atomic E-state index is 12.4. The third-order valence-electron chi connectivity index (χ3n) is 4.08. The van der Waals surface area contributed by atoms with Crippen molar-refractivity contribution in [3.8, 4) is 0 Å². The van der Waals surface area contributed by atoms with Crippen LogP contribution in [0.5, 0.6) is 0 Å². The van der Waals surface area contributed by atoms with Gasteiger partial charge in [0.2, 0.25) is 10.0 Å². The highest BCUT2D eigenvalue weighted by Crippen LogP contribution is 2.16. The molecule has 0 aromatic heterocycles. The number of hydrogen-bond acceptors (Lipinski definition) is 3. The number of nitrogens with one attached hydrogen (secondary N) is 1. The van der Waals surface area contributed by atoms with Gasteiger partial charge in [-0.15, -0.1) is 0 Å². The van der Waals surface area contributed by atoms with Crippen LogP contribution in [0.25, 0.3) is 0 Å². The van der Waals surface area contributed by atoms with Gasteiger partial charge in [0.1, 0.15) is 0 Å². The molecule has 1 amide bonds. The zero-order chi connectivity index (χ0) is 18.2. The molecular formula is C18H30N2O3S. The molecule has 0 aliphatic heterocycles. The van der Waals surface area contributed by atoms with Crippen molar-refractivity contribution < 1.29 is 13.2 Å². The second-order valence-electron chi connectivity index (χ2n) is 5.98. The van der Waals surface area contributed by atoms with Crippen LogP contribution in [0, 0.1) is 0 Å². The summed E-state index contributed by atoms with van der Waals surface area (Å²) >= 11 is 0. The molecule has 136 valence electrons. The molecule has 1 unspecified atom stereocenters. The Morgan fingerprint density at radius 2 is 1.67 bits per heavy atom. The molecule has 0 fully saturated rings. The summed E-state index contributed by atoms with van der Waals surface area (Å²) in [5, 5.41) is 2.96. The SMILES string of the molecule is CCCCCC(C)NC(=O)c1ccc(S(=O)(=O)N(CC)CC)cc1. The Bertz CT molecular complexity index is 608. The van der Waals surface area contributed by atoms with Crippen molar-refractivity contribution in [3.63, 3.8) is 0 Å². The van der Waals surface area contributed by atoms with E-state index in [1.807, 2.05) is 20.8 Å². The van der Waals surface area contributed by atoms with Crippen molar-refractivity contribution in [3.05, 3.63) is 29.8 Å². The van der Waals surface area contributed by atoms with Gasteiger partial charge in [0.15, 0.2) is 0 Å². The molecule has 1 atom stereocenters. The smallest absolute Gasteiger partial charge is 0.251 e. The number of rotatable bonds is 10. The minimum atomic E-state index is -3.48. The van der Waals surface area contributed by atoms with Crippen LogP contribution in [0.15, 0.2) is 29.2 Å². The molecule has 0 aliphatic carbocycles. The van der Waals surface area contributed by atoms with Gasteiger partial charge in [-0.1, -0.05) is 40.0 Å². The summed E-state index contributed by atoms with van der Waals surface area (Å²) in [5.74, 6) is -0.161. The number of nitrogens with zero attached hydrogens (tertiary/aromatic N) is 1. The molecule has 1 rings (SSSR count). The van der Waals surface area contributed by atoms with Gasteiger partial charge in [-0.25, -0.2) is 8.42 Å². The van der Waals surface area contributed by atoms with Gasteiger partial charge in [0.05, 0.1) is 4.90 Å². The first-order valence-electron chi connectivity index (χ1n) is 8.77. The monoisotopic (exact) mass is 354 g/mol. The lowest BCUT2D eigenvalue weighted by Crippen LogP contribution is -2.32. The lowest BCUT2D eigenvalue weighted by atomic mass is 10.1. The van der Waals surface area contributed by atoms with E-state index in [9.17, 15) is 13.2 Å². The normalized spacial score (nSPS) is 13.0. The van der Waals surface area contributed by atoms with Gasteiger partial charge in [0, 0.05) is 24.7 Å². The standard InChI is InChI=1S/C18H30N2O3S/c1-5-8-9-10-15(4)19-18(21)16-11-13-17(14-12-16)24(22,23)20(6-2)7-3/h11-15H,5-10H2,1-4H3,(H,19,21). The first kappa shape index (κ1) is 20.6. The summed E-state index contributed by atoms with van der Waals surface area (Å²) < 4.78 is 26.3. The van der Waals surface area contributed by atoms with Crippen molar-refractivity contribution in [2.24, 2.45) is 0 Å². The zero-order valence-electron chi connectivity index (χ0n) is 15.2. The van der Waals surface area contributed by atoms with Crippen LogP contribution in [0.4, 0.5) is 0 Å². The quantitative estimate of drug-likeness (QED) is 0.655. The predicted octanol–water partition coefficient (Wildman–Crippen LogP) is 3.42. The summed E-state index contributed by atoms with van der Waals surface area (Å²) in [5.41, 5.74) is 0.482. The highest BCUT2D eigenvalue weighted by atomic mass is 32.2. The predicted molar refractivity (Wildman–Crippen MR) is 97.6 cm³/mol. The number of unbranched alkanes of at least 4 members (excludes halogenated alkanes) is 2. The molecular weight excluding hydrogens is 324 g/mol. The molecule has 0 spiro atoms. The Labute approximate surface area is 146 Å². The Balaban J connectivity index is 2.75. The van der Waals surface area contributed by atoms with E-state index >= 15 is 0 Å². The molecule has 5 nitrogen and oxygen atoms in total. The third kappa shape index (κ3) is 5.60. The summed E-state index contributed by atoms with van der Waals surface area (Å²) in [6.07, 6.45) is 4.37. The summed E-state index contributed by atoms with van der Waals surface area (Å²) in [6, 6.07) is 6.27. The van der Waals surface area contributed by atoms with Crippen LogP contribution < -0.4 is 5.32 Å². The fraction of sp³-hybridized carbons (Fsp3) is 0.611. The Morgan fingerprint density at radius 1 is 1.08 bits per heavy atom. The number of sulfonamides is 1. The lowest BCUT2D eigenvalue weighted by Gasteiger charge is -2.18. The molecule has 1 aromatic carbocycles. The van der Waals surface area contributed by atoms with Crippen molar-refractivity contribution in [2.45, 2.75) is 64.3 Å². The average Bonchev–Trinajstić information content (AvgIpc) is 2.56. The molecule has 0 bridgehead atoms. The molecule has 0 radical (unpaired) electrons. The van der Waals surface area contributed by atoms with Crippen molar-refractivity contribution in [1.82, 2.24) is 9.62 Å². The second-order valence-corrected chi connectivity index (χ2v) is 7.92. The van der Waals surface area contributed by atoms with E-state index < -0.39 is 10.0 Å². The van der Waals surface area contributed by atoms with E-state index in [0.29, 0.717) is 18.7 Å². The van der Waals surface area contributed by atoms with E-state index in [2.05, 4.69) is 12.2 Å². The molecule has 0 saturated carbocycles. The molecule has 24 heavy (non-hydrogen) atoms. The highest BCUT2D eigenvalue weighted by Gasteiger charge is 2.21. The Hall–Kier alpha value is -1.40. The van der Waals surface area contributed by atoms with Gasteiger partial charge in [0.25, 0.3) is 5.91 Å². The first-order chi connectivity index (χ1) is 11.4. The van der Waals surface area contributed by atoms with Crippen molar-refractivity contribution >= 4 is 15.9 Å². The van der Waals surface area contributed by atoms with Gasteiger partial charge in [-0.3, -0.25) is 4.79 Å². The average molecular weight is 355 g/mol. The number of carbonyl (C=O) groups is 1. The van der Waals surface area contributed by atoms with Crippen LogP contribution in [-0.4, -0.2) is 37.8 Å². The number of hydrogen-bond donors (Lipinski definition) is 1. The van der Waals surface area contributed by atoms with Gasteiger partial charge in [-0.2, -0.15) is 4.31 Å². The molecule has 0 heterocycles. The maximum atomic E-state index is 12.4. The minimum absolute atomic E-state index is 0.114. The summed E-state index contributed by atoms with van der Waals surface area (Å²) in [7, 11) is -3.48. The third-order valence-corrected chi connectivity index (χ3v) is 6.14. The Kier molecular flexibility index (Phi) is 8.42. The van der Waals surface area contributed by atoms with Gasteiger partial charge >= 0.3 is 0 Å². The van der Waals surface area contributed by atoms with Gasteiger partial charge in [-0.05, 0) is 37.6 Å². The lowest BCUT2D eigenvalue weighted by molar-refractivity contribution is 0.0938. The molecule has 0 aliphatic rings. The topological polar surface area (TPSA) is 66.5 Å². The van der Waals surface area contributed by atoms with Crippen LogP contribution in [0.3, 0.4) is 0 Å². The first-order valence-corrected chi connectivity index (χ1v) is 10.2. The maximum Gasteiger partial charge on any atom is 0.251 e. The largest absolute Gasteiger partial charge is 0.350 e. The van der Waals surface area contributed by atoms with Crippen LogP contribution in [0.1, 0.15) is 63.7 Å². The van der Waals surface area contributed by atoms with Gasteiger partial charge < -0.3 is 5.32 Å². The minimum Gasteiger partial charge on any atom is -0.350 e. The van der Waals surface area contributed by atoms with Crippen LogP contribution in [0.2, 0.25) is 0 Å². The van der Waals surface area contributed by atoms with Crippen LogP contribution >= 0.6 is 0 Å². The summed E-state index contributed by atoms with van der Waals surface area (Å²) in [6.45, 7) is 8.61. The highest BCUT2D eigenvalue weighted by molar-refractivity contribution is 7.89. The number of amides is 1. The van der Waals surface area contributed by atoms with E-state index in [-0.39, 0.29) is 16.8 Å². The van der Waals surface area contributed by atoms with E-state index in [1.165, 1.54) is 16.4 Å². The molecule has 1 N–H and O–H groups in total. The number of carbonyl (C=O) groups excluding carboxylic acids is 1. The molecule has 6 heteroatoms. The van der Waals surface area contributed by atoms with Crippen molar-refractivity contribution in [1.29, 1.82) is 0 Å². The van der Waals surface area contributed by atoms with E-state index in [0.717, 1.165) is 25.7 Å². The Morgan fingerprint density at radius 3 is 2.17 bits per heavy atom. The van der Waals surface area contributed by atoms with Crippen LogP contribution in [-0.2, 0) is 10.0 Å². The fourth-order valence-corrected chi connectivity index (χ4v) is 4.03. The zero-order valence-corrected chi connectivity index (χ0v) is 16.0. The van der Waals surface area contributed by atoms with E-state index in [1.54, 1.807) is 12.1 Å². The molecule has 0 saturated heterocycles. The fourth-order valence-electron chi connectivity index (χ4n) is 2.57. The number of benzene rings is 1. The second kappa shape index (κ2) is 9.79. The summed E-state index contributed by atoms with van der Waals surface area (Å²) in [4.78, 5) is 12.4. The molecule has 1 aromatic rings. The van der Waals surface area contributed by atoms with E-state index in [4.69, 9.17) is 0 Å².